The van der Waals surface area contributed by atoms with Gasteiger partial charge >= 0.3 is 0 Å². The van der Waals surface area contributed by atoms with Crippen molar-refractivity contribution < 1.29 is 18.0 Å². The topological polar surface area (TPSA) is 43.1 Å². The van der Waals surface area contributed by atoms with Gasteiger partial charge in [0.1, 0.15) is 12.1 Å². The second-order valence-corrected chi connectivity index (χ2v) is 3.20. The third-order valence-corrected chi connectivity index (χ3v) is 2.01. The first-order valence-electron chi connectivity index (χ1n) is 4.39. The fraction of sp³-hybridized carbons (Fsp3) is 0.300. The molecule has 15 heavy (non-hydrogen) atoms. The summed E-state index contributed by atoms with van der Waals surface area (Å²) >= 11 is 0. The lowest BCUT2D eigenvalue weighted by Gasteiger charge is -2.05. The van der Waals surface area contributed by atoms with E-state index in [1.807, 2.05) is 0 Å². The lowest BCUT2D eigenvalue weighted by Crippen LogP contribution is -2.22. The molecule has 0 saturated carbocycles. The molecule has 1 unspecified atom stereocenters. The molecule has 1 atom stereocenters. The van der Waals surface area contributed by atoms with E-state index in [9.17, 15) is 18.0 Å². The van der Waals surface area contributed by atoms with Gasteiger partial charge in [-0.1, -0.05) is 0 Å². The highest BCUT2D eigenvalue weighted by Crippen LogP contribution is 2.15. The van der Waals surface area contributed by atoms with E-state index in [2.05, 4.69) is 0 Å². The molecule has 1 aromatic rings. The molecule has 1 aromatic carbocycles. The Morgan fingerprint density at radius 1 is 1.20 bits per heavy atom. The zero-order valence-electron chi connectivity index (χ0n) is 7.84. The molecule has 0 bridgehead atoms. The number of hydrogen-bond donors (Lipinski definition) is 1. The van der Waals surface area contributed by atoms with Gasteiger partial charge in [0.05, 0.1) is 6.04 Å². The number of hydrogen-bond acceptors (Lipinski definition) is 2. The van der Waals surface area contributed by atoms with Crippen molar-refractivity contribution in [2.24, 2.45) is 5.73 Å². The molecule has 2 N–H and O–H groups in total. The minimum absolute atomic E-state index is 0.0196. The van der Waals surface area contributed by atoms with Crippen LogP contribution in [0.2, 0.25) is 0 Å². The van der Waals surface area contributed by atoms with E-state index in [4.69, 9.17) is 5.73 Å². The molecule has 2 nitrogen and oxygen atoms in total. The molecular weight excluding hydrogens is 207 g/mol. The van der Waals surface area contributed by atoms with Crippen LogP contribution in [0.3, 0.4) is 0 Å². The van der Waals surface area contributed by atoms with Crippen molar-refractivity contribution in [3.05, 3.63) is 35.1 Å². The normalized spacial score (nSPS) is 12.5. The minimum atomic E-state index is -1.23. The van der Waals surface area contributed by atoms with E-state index in [1.165, 1.54) is 0 Å². The molecule has 82 valence electrons. The summed E-state index contributed by atoms with van der Waals surface area (Å²) < 4.78 is 38.3. The molecule has 0 saturated heterocycles. The molecule has 5 heteroatoms. The molecule has 0 heterocycles. The molecule has 0 fully saturated rings. The number of halogens is 3. The van der Waals surface area contributed by atoms with Crippen LogP contribution >= 0.6 is 0 Å². The van der Waals surface area contributed by atoms with Crippen molar-refractivity contribution in [3.63, 3.8) is 0 Å². The number of rotatable bonds is 4. The van der Waals surface area contributed by atoms with Gasteiger partial charge in [-0.25, -0.2) is 13.2 Å². The van der Waals surface area contributed by atoms with E-state index in [0.717, 1.165) is 6.07 Å². The van der Waals surface area contributed by atoms with Crippen molar-refractivity contribution in [2.75, 3.05) is 0 Å². The Bertz CT molecular complexity index is 368. The number of nitrogens with two attached hydrogens (primary N) is 1. The van der Waals surface area contributed by atoms with Gasteiger partial charge in [0, 0.05) is 6.07 Å². The molecular formula is C10H10F3NO. The number of benzene rings is 1. The van der Waals surface area contributed by atoms with Gasteiger partial charge in [-0.3, -0.25) is 0 Å². The van der Waals surface area contributed by atoms with Gasteiger partial charge in [-0.2, -0.15) is 0 Å². The zero-order valence-corrected chi connectivity index (χ0v) is 7.84. The average Bonchev–Trinajstić information content (AvgIpc) is 2.21. The summed E-state index contributed by atoms with van der Waals surface area (Å²) in [4.78, 5) is 10.2. The lowest BCUT2D eigenvalue weighted by molar-refractivity contribution is -0.109. The van der Waals surface area contributed by atoms with Crippen LogP contribution in [0.5, 0.6) is 0 Å². The fourth-order valence-corrected chi connectivity index (χ4v) is 1.15. The molecule has 1 rings (SSSR count). The Morgan fingerprint density at radius 2 is 1.80 bits per heavy atom. The molecule has 0 amide bonds. The highest BCUT2D eigenvalue weighted by molar-refractivity contribution is 5.56. The van der Waals surface area contributed by atoms with Crippen molar-refractivity contribution in [3.8, 4) is 0 Å². The summed E-state index contributed by atoms with van der Waals surface area (Å²) in [5.74, 6) is -3.16. The number of carbonyl (C=O) groups is 1. The minimum Gasteiger partial charge on any atom is -0.322 e. The molecule has 0 radical (unpaired) electrons. The van der Waals surface area contributed by atoms with Crippen molar-refractivity contribution in [1.29, 1.82) is 0 Å². The summed E-state index contributed by atoms with van der Waals surface area (Å²) in [5, 5.41) is 0. The van der Waals surface area contributed by atoms with Crippen LogP contribution in [0, 0.1) is 17.5 Å². The summed E-state index contributed by atoms with van der Waals surface area (Å²) in [6.45, 7) is 0. The first-order chi connectivity index (χ1) is 7.04. The van der Waals surface area contributed by atoms with Gasteiger partial charge in [-0.05, 0) is 24.5 Å². The van der Waals surface area contributed by atoms with Gasteiger partial charge in [0.2, 0.25) is 0 Å². The zero-order chi connectivity index (χ0) is 11.4. The van der Waals surface area contributed by atoms with E-state index < -0.39 is 23.5 Å². The molecule has 0 spiro atoms. The van der Waals surface area contributed by atoms with E-state index in [1.54, 1.807) is 0 Å². The van der Waals surface area contributed by atoms with Crippen LogP contribution < -0.4 is 5.73 Å². The second-order valence-electron chi connectivity index (χ2n) is 3.20. The highest BCUT2D eigenvalue weighted by Gasteiger charge is 2.10. The van der Waals surface area contributed by atoms with Crippen molar-refractivity contribution in [1.82, 2.24) is 0 Å². The summed E-state index contributed by atoms with van der Waals surface area (Å²) in [5.41, 5.74) is 5.30. The lowest BCUT2D eigenvalue weighted by atomic mass is 10.1. The maximum absolute atomic E-state index is 13.0. The third-order valence-electron chi connectivity index (χ3n) is 2.01. The van der Waals surface area contributed by atoms with Crippen LogP contribution in [0.1, 0.15) is 12.0 Å². The average molecular weight is 217 g/mol. The second kappa shape index (κ2) is 4.93. The number of aldehydes is 1. The molecule has 0 aromatic heterocycles. The van der Waals surface area contributed by atoms with Crippen LogP contribution in [-0.4, -0.2) is 12.3 Å². The Labute approximate surface area is 84.9 Å². The Hall–Kier alpha value is -1.36. The van der Waals surface area contributed by atoms with E-state index in [-0.39, 0.29) is 18.4 Å². The molecule has 0 aliphatic rings. The van der Waals surface area contributed by atoms with Crippen molar-refractivity contribution >= 4 is 6.29 Å². The van der Waals surface area contributed by atoms with Crippen molar-refractivity contribution in [2.45, 2.75) is 18.9 Å². The maximum atomic E-state index is 13.0. The smallest absolute Gasteiger partial charge is 0.161 e. The van der Waals surface area contributed by atoms with Crippen LogP contribution in [0.4, 0.5) is 13.2 Å². The number of aryl methyl sites for hydroxylation is 1. The maximum Gasteiger partial charge on any atom is 0.161 e. The molecule has 0 aliphatic carbocycles. The quantitative estimate of drug-likeness (QED) is 0.614. The van der Waals surface area contributed by atoms with Crippen LogP contribution in [0.25, 0.3) is 0 Å². The Kier molecular flexibility index (Phi) is 3.85. The van der Waals surface area contributed by atoms with E-state index >= 15 is 0 Å². The Morgan fingerprint density at radius 3 is 2.40 bits per heavy atom. The van der Waals surface area contributed by atoms with Gasteiger partial charge in [0.15, 0.2) is 11.6 Å². The number of carbonyl (C=O) groups excluding carboxylic acids is 1. The third kappa shape index (κ3) is 3.06. The summed E-state index contributed by atoms with van der Waals surface area (Å²) in [6, 6.07) is 0.553. The monoisotopic (exact) mass is 217 g/mol. The molecule has 0 aliphatic heterocycles. The highest BCUT2D eigenvalue weighted by atomic mass is 19.2. The predicted molar refractivity (Wildman–Crippen MR) is 48.7 cm³/mol. The van der Waals surface area contributed by atoms with Crippen LogP contribution in [-0.2, 0) is 11.2 Å². The van der Waals surface area contributed by atoms with Gasteiger partial charge in [0.25, 0.3) is 0 Å². The van der Waals surface area contributed by atoms with E-state index in [0.29, 0.717) is 12.4 Å². The predicted octanol–water partition coefficient (Wildman–Crippen LogP) is 1.56. The Balaban J connectivity index is 2.77. The largest absolute Gasteiger partial charge is 0.322 e. The SMILES string of the molecule is NC(C=O)CCc1cc(F)c(F)cc1F. The van der Waals surface area contributed by atoms with Gasteiger partial charge < -0.3 is 10.5 Å². The first-order valence-corrected chi connectivity index (χ1v) is 4.39. The standard InChI is InChI=1S/C10H10F3NO/c11-8-4-10(13)9(12)3-6(8)1-2-7(14)5-15/h3-5,7H,1-2,14H2. The van der Waals surface area contributed by atoms with Gasteiger partial charge in [-0.15, -0.1) is 0 Å². The summed E-state index contributed by atoms with van der Waals surface area (Å²) in [6.07, 6.45) is 0.826. The summed E-state index contributed by atoms with van der Waals surface area (Å²) in [7, 11) is 0. The van der Waals surface area contributed by atoms with Crippen LogP contribution in [0.15, 0.2) is 12.1 Å². The first kappa shape index (κ1) is 11.7. The fourth-order valence-electron chi connectivity index (χ4n) is 1.15.